The van der Waals surface area contributed by atoms with E-state index < -0.39 is 5.60 Å². The summed E-state index contributed by atoms with van der Waals surface area (Å²) in [6.07, 6.45) is 2.21. The van der Waals surface area contributed by atoms with Crippen molar-refractivity contribution >= 4 is 5.97 Å². The highest BCUT2D eigenvalue weighted by Gasteiger charge is 2.41. The molecule has 1 saturated heterocycles. The Morgan fingerprint density at radius 1 is 1.57 bits per heavy atom. The van der Waals surface area contributed by atoms with Crippen molar-refractivity contribution in [2.45, 2.75) is 18.9 Å². The first-order valence-electron chi connectivity index (χ1n) is 4.44. The second-order valence-corrected chi connectivity index (χ2v) is 3.62. The monoisotopic (exact) mass is 189 g/mol. The number of esters is 1. The van der Waals surface area contributed by atoms with Gasteiger partial charge in [0.2, 0.25) is 0 Å². The number of carbonyl (C=O) groups is 1. The molecule has 14 heavy (non-hydrogen) atoms. The van der Waals surface area contributed by atoms with E-state index in [1.807, 2.05) is 25.1 Å². The normalized spacial score (nSPS) is 26.4. The van der Waals surface area contributed by atoms with Gasteiger partial charge in [-0.15, -0.1) is 0 Å². The van der Waals surface area contributed by atoms with Gasteiger partial charge < -0.3 is 4.74 Å². The Labute approximate surface area is 82.4 Å². The number of ether oxygens (including phenoxy) is 1. The lowest BCUT2D eigenvalue weighted by Crippen LogP contribution is -2.22. The number of carbonyl (C=O) groups excluding carboxylic acids is 1. The molecule has 0 N–H and O–H groups in total. The number of hydrogen-bond donors (Lipinski definition) is 0. The van der Waals surface area contributed by atoms with Crippen LogP contribution in [-0.4, -0.2) is 11.0 Å². The molecule has 1 atom stereocenters. The summed E-state index contributed by atoms with van der Waals surface area (Å²) in [5.74, 6) is -0.321. The Hall–Kier alpha value is -1.64. The van der Waals surface area contributed by atoms with Crippen LogP contribution in [0.15, 0.2) is 36.5 Å². The highest BCUT2D eigenvalue weighted by atomic mass is 16.6. The van der Waals surface area contributed by atoms with Crippen LogP contribution < -0.4 is 0 Å². The summed E-state index contributed by atoms with van der Waals surface area (Å²) in [4.78, 5) is 15.4. The van der Waals surface area contributed by atoms with Crippen LogP contribution in [0, 0.1) is 0 Å². The third-order valence-electron chi connectivity index (χ3n) is 2.36. The summed E-state index contributed by atoms with van der Waals surface area (Å²) in [5, 5.41) is 0. The van der Waals surface area contributed by atoms with Crippen molar-refractivity contribution < 1.29 is 9.53 Å². The van der Waals surface area contributed by atoms with E-state index in [2.05, 4.69) is 11.6 Å². The maximum Gasteiger partial charge on any atom is 0.334 e. The average molecular weight is 189 g/mol. The van der Waals surface area contributed by atoms with Crippen molar-refractivity contribution in [2.24, 2.45) is 0 Å². The van der Waals surface area contributed by atoms with Crippen molar-refractivity contribution in [3.05, 3.63) is 42.2 Å². The maximum absolute atomic E-state index is 11.2. The minimum absolute atomic E-state index is 0.321. The third kappa shape index (κ3) is 1.31. The van der Waals surface area contributed by atoms with Crippen LogP contribution in [-0.2, 0) is 15.1 Å². The van der Waals surface area contributed by atoms with E-state index in [-0.39, 0.29) is 5.97 Å². The molecule has 0 aliphatic carbocycles. The lowest BCUT2D eigenvalue weighted by molar-refractivity contribution is -0.146. The van der Waals surface area contributed by atoms with Crippen LogP contribution in [0.25, 0.3) is 0 Å². The minimum atomic E-state index is -0.630. The molecule has 0 amide bonds. The van der Waals surface area contributed by atoms with E-state index in [9.17, 15) is 4.79 Å². The molecule has 1 aromatic rings. The van der Waals surface area contributed by atoms with Crippen LogP contribution in [0.3, 0.4) is 0 Å². The van der Waals surface area contributed by atoms with Gasteiger partial charge in [-0.05, 0) is 19.1 Å². The quantitative estimate of drug-likeness (QED) is 0.499. The van der Waals surface area contributed by atoms with Crippen LogP contribution in [0.4, 0.5) is 0 Å². The van der Waals surface area contributed by atoms with Gasteiger partial charge in [0.1, 0.15) is 0 Å². The predicted molar refractivity (Wildman–Crippen MR) is 51.4 cm³/mol. The van der Waals surface area contributed by atoms with Gasteiger partial charge in [0.05, 0.1) is 5.69 Å². The summed E-state index contributed by atoms with van der Waals surface area (Å²) in [6, 6.07) is 5.56. The molecule has 2 heterocycles. The van der Waals surface area contributed by atoms with Crippen LogP contribution in [0.1, 0.15) is 19.0 Å². The number of rotatable bonds is 1. The van der Waals surface area contributed by atoms with Crippen molar-refractivity contribution in [1.29, 1.82) is 0 Å². The van der Waals surface area contributed by atoms with E-state index in [4.69, 9.17) is 4.74 Å². The molecule has 0 spiro atoms. The predicted octanol–water partition coefficient (Wildman–Crippen LogP) is 1.80. The lowest BCUT2D eigenvalue weighted by Gasteiger charge is -2.20. The molecule has 0 aromatic carbocycles. The van der Waals surface area contributed by atoms with Crippen LogP contribution in [0.5, 0.6) is 0 Å². The summed E-state index contributed by atoms with van der Waals surface area (Å²) < 4.78 is 5.25. The molecule has 1 unspecified atom stereocenters. The van der Waals surface area contributed by atoms with Crippen LogP contribution in [0.2, 0.25) is 0 Å². The fourth-order valence-electron chi connectivity index (χ4n) is 1.61. The number of cyclic esters (lactones) is 1. The molecule has 2 rings (SSSR count). The molecule has 3 nitrogen and oxygen atoms in total. The molecule has 0 bridgehead atoms. The van der Waals surface area contributed by atoms with E-state index >= 15 is 0 Å². The molecule has 1 fully saturated rings. The first kappa shape index (κ1) is 8.94. The van der Waals surface area contributed by atoms with Gasteiger partial charge >= 0.3 is 5.97 Å². The largest absolute Gasteiger partial charge is 0.449 e. The van der Waals surface area contributed by atoms with Crippen molar-refractivity contribution in [3.8, 4) is 0 Å². The van der Waals surface area contributed by atoms with Gasteiger partial charge in [-0.25, -0.2) is 4.79 Å². The Kier molecular flexibility index (Phi) is 1.88. The average Bonchev–Trinajstić information content (AvgIpc) is 2.44. The Balaban J connectivity index is 2.36. The Morgan fingerprint density at radius 2 is 2.36 bits per heavy atom. The first-order chi connectivity index (χ1) is 6.62. The zero-order valence-electron chi connectivity index (χ0n) is 7.99. The number of pyridine rings is 1. The molecular formula is C11H11NO2. The summed E-state index contributed by atoms with van der Waals surface area (Å²) in [6.45, 7) is 5.51. The van der Waals surface area contributed by atoms with Crippen molar-refractivity contribution in [1.82, 2.24) is 4.98 Å². The number of aromatic nitrogens is 1. The molecule has 1 aromatic heterocycles. The van der Waals surface area contributed by atoms with Gasteiger partial charge in [-0.1, -0.05) is 12.6 Å². The minimum Gasteiger partial charge on any atom is -0.449 e. The second-order valence-electron chi connectivity index (χ2n) is 3.62. The lowest BCUT2D eigenvalue weighted by atomic mass is 9.96. The summed E-state index contributed by atoms with van der Waals surface area (Å²) in [7, 11) is 0. The fraction of sp³-hybridized carbons (Fsp3) is 0.273. The van der Waals surface area contributed by atoms with E-state index in [0.29, 0.717) is 12.0 Å². The Morgan fingerprint density at radius 3 is 2.86 bits per heavy atom. The molecule has 72 valence electrons. The molecule has 1 aliphatic heterocycles. The molecule has 3 heteroatoms. The van der Waals surface area contributed by atoms with Crippen molar-refractivity contribution in [3.63, 3.8) is 0 Å². The smallest absolute Gasteiger partial charge is 0.334 e. The number of hydrogen-bond acceptors (Lipinski definition) is 3. The highest BCUT2D eigenvalue weighted by molar-refractivity contribution is 5.90. The van der Waals surface area contributed by atoms with Crippen LogP contribution >= 0.6 is 0 Å². The van der Waals surface area contributed by atoms with Crippen molar-refractivity contribution in [2.75, 3.05) is 0 Å². The molecule has 0 radical (unpaired) electrons. The fourth-order valence-corrected chi connectivity index (χ4v) is 1.61. The Bertz CT molecular complexity index is 368. The number of nitrogens with zero attached hydrogens (tertiary/aromatic N) is 1. The van der Waals surface area contributed by atoms with Gasteiger partial charge in [-0.3, -0.25) is 4.98 Å². The molecule has 1 aliphatic rings. The molecule has 0 saturated carbocycles. The highest BCUT2D eigenvalue weighted by Crippen LogP contribution is 2.37. The van der Waals surface area contributed by atoms with Gasteiger partial charge in [0, 0.05) is 18.2 Å². The van der Waals surface area contributed by atoms with E-state index in [0.717, 1.165) is 5.69 Å². The first-order valence-corrected chi connectivity index (χ1v) is 4.44. The zero-order valence-corrected chi connectivity index (χ0v) is 7.99. The zero-order chi connectivity index (χ0) is 10.2. The SMILES string of the molecule is C=C1CC(C)(c2ccccn2)OC1=O. The van der Waals surface area contributed by atoms with Gasteiger partial charge in [-0.2, -0.15) is 0 Å². The van der Waals surface area contributed by atoms with E-state index in [1.165, 1.54) is 0 Å². The third-order valence-corrected chi connectivity index (χ3v) is 2.36. The molecular weight excluding hydrogens is 178 g/mol. The second kappa shape index (κ2) is 2.94. The maximum atomic E-state index is 11.2. The van der Waals surface area contributed by atoms with Gasteiger partial charge in [0.25, 0.3) is 0 Å². The summed E-state index contributed by atoms with van der Waals surface area (Å²) >= 11 is 0. The standard InChI is InChI=1S/C11H11NO2/c1-8-7-11(2,14-10(8)13)9-5-3-4-6-12-9/h3-6H,1,7H2,2H3. The summed E-state index contributed by atoms with van der Waals surface area (Å²) in [5.41, 5.74) is 0.653. The topological polar surface area (TPSA) is 39.2 Å². The van der Waals surface area contributed by atoms with E-state index in [1.54, 1.807) is 6.20 Å². The van der Waals surface area contributed by atoms with Gasteiger partial charge in [0.15, 0.2) is 5.60 Å².